The summed E-state index contributed by atoms with van der Waals surface area (Å²) in [5.41, 5.74) is 4.67. The Balaban J connectivity index is 0.738. The fourth-order valence-corrected chi connectivity index (χ4v) is 15.0. The molecule has 598 valence electrons. The van der Waals surface area contributed by atoms with Crippen LogP contribution in [-0.4, -0.2) is 187 Å². The van der Waals surface area contributed by atoms with Crippen LogP contribution in [0.2, 0.25) is 0 Å². The van der Waals surface area contributed by atoms with Gasteiger partial charge in [0.05, 0.1) is 84.6 Å². The van der Waals surface area contributed by atoms with Crippen molar-refractivity contribution in [2.75, 3.05) is 101 Å². The topological polar surface area (TPSA) is 344 Å². The Morgan fingerprint density at radius 1 is 0.509 bits per heavy atom. The number of rotatable bonds is 28. The van der Waals surface area contributed by atoms with Gasteiger partial charge in [0.25, 0.3) is 17.7 Å². The molecule has 6 heterocycles. The quantitative estimate of drug-likeness (QED) is 0.0206. The van der Waals surface area contributed by atoms with Gasteiger partial charge in [-0.2, -0.15) is 15.3 Å². The fraction of sp³-hybridized carbons (Fsp3) is 0.349. The predicted octanol–water partition coefficient (Wildman–Crippen LogP) is 9.84. The van der Waals surface area contributed by atoms with E-state index in [4.69, 9.17) is 20.0 Å². The molecule has 0 saturated carbocycles. The highest BCUT2D eigenvalue weighted by molar-refractivity contribution is 6.08. The van der Waals surface area contributed by atoms with Gasteiger partial charge >= 0.3 is 18.1 Å². The molecule has 31 heteroatoms. The Morgan fingerprint density at radius 3 is 1.52 bits per heavy atom. The highest BCUT2D eigenvalue weighted by Crippen LogP contribution is 2.47. The molecule has 5 aromatic carbocycles. The summed E-state index contributed by atoms with van der Waals surface area (Å²) in [6.07, 6.45) is 7.25. The minimum Gasteiger partial charge on any atom is -0.496 e. The van der Waals surface area contributed by atoms with E-state index >= 15 is 0 Å². The Kier molecular flexibility index (Phi) is 24.9. The van der Waals surface area contributed by atoms with Crippen molar-refractivity contribution in [1.82, 2.24) is 74.7 Å². The number of nitrogens with zero attached hydrogens (tertiary/aromatic N) is 12. The van der Waals surface area contributed by atoms with E-state index in [1.54, 1.807) is 110 Å². The summed E-state index contributed by atoms with van der Waals surface area (Å²) in [4.78, 5) is 136. The number of carbonyl (C=O) groups is 9. The number of hydrogen-bond donors (Lipinski definition) is 9. The highest BCUT2D eigenvalue weighted by atomic mass is 16.5. The molecule has 4 atom stereocenters. The van der Waals surface area contributed by atoms with E-state index in [0.717, 1.165) is 17.2 Å². The minimum absolute atomic E-state index is 0.0499. The number of benzene rings is 5. The smallest absolute Gasteiger partial charge is 0.319 e. The van der Waals surface area contributed by atoms with Crippen LogP contribution >= 0.6 is 0 Å². The number of carbonyl (C=O) groups excluding carboxylic acids is 9. The SMILES string of the molecule is C=CC(=O)Nc1ccc(C(=O)Nc2nn(C/C=C/C(=O)Nc3ccc(C(=O)Nc4nn(C)c5c4CN(C(=O)NC(C)CN(C)C)C5(C)C/C=C/C(=O)Nc4ccc(C(=O)Nc5c6c(nn5C)C(C)(C)N(C(=O)N[C@H](CN(C)C)c5ccccc5)C6)c(OC)c4)cc3)c3c2CN(C(=O)N[C@H](CN(C)C)c2ccccc2)C3(C)C)cc1. The van der Waals surface area contributed by atoms with Gasteiger partial charge in [0.2, 0.25) is 17.7 Å². The van der Waals surface area contributed by atoms with Gasteiger partial charge in [0.1, 0.15) is 11.6 Å². The lowest BCUT2D eigenvalue weighted by molar-refractivity contribution is -0.112. The lowest BCUT2D eigenvalue weighted by Gasteiger charge is -2.36. The van der Waals surface area contributed by atoms with Crippen molar-refractivity contribution in [3.05, 3.63) is 226 Å². The van der Waals surface area contributed by atoms with Crippen molar-refractivity contribution in [1.29, 1.82) is 0 Å². The molecule has 0 fully saturated rings. The number of nitrogens with one attached hydrogen (secondary N) is 9. The van der Waals surface area contributed by atoms with Crippen LogP contribution in [0.5, 0.6) is 5.75 Å². The van der Waals surface area contributed by atoms with E-state index < -0.39 is 52.1 Å². The van der Waals surface area contributed by atoms with E-state index in [0.29, 0.717) is 76.3 Å². The molecule has 0 spiro atoms. The number of fused-ring (bicyclic) bond motifs is 3. The van der Waals surface area contributed by atoms with Gasteiger partial charge in [-0.05, 0) is 174 Å². The van der Waals surface area contributed by atoms with Crippen LogP contribution in [0.3, 0.4) is 0 Å². The van der Waals surface area contributed by atoms with Crippen molar-refractivity contribution in [2.24, 2.45) is 14.1 Å². The highest BCUT2D eigenvalue weighted by Gasteiger charge is 2.50. The first kappa shape index (κ1) is 82.2. The van der Waals surface area contributed by atoms with E-state index in [1.165, 1.54) is 31.4 Å². The van der Waals surface area contributed by atoms with Crippen LogP contribution in [-0.2, 0) is 71.3 Å². The second-order valence-corrected chi connectivity index (χ2v) is 30.7. The predicted molar refractivity (Wildman–Crippen MR) is 436 cm³/mol. The molecule has 8 aromatic rings. The van der Waals surface area contributed by atoms with E-state index in [2.05, 4.69) is 54.4 Å². The summed E-state index contributed by atoms with van der Waals surface area (Å²) in [6, 6.07) is 34.8. The third-order valence-electron chi connectivity index (χ3n) is 20.5. The monoisotopic (exact) mass is 1550 g/mol. The third kappa shape index (κ3) is 18.2. The summed E-state index contributed by atoms with van der Waals surface area (Å²) in [6.45, 7) is 16.9. The second kappa shape index (κ2) is 34.5. The van der Waals surface area contributed by atoms with Gasteiger partial charge in [-0.3, -0.25) is 42.8 Å². The lowest BCUT2D eigenvalue weighted by Crippen LogP contribution is -2.51. The molecule has 0 saturated heterocycles. The number of ether oxygens (including phenoxy) is 1. The molecule has 2 unspecified atom stereocenters. The van der Waals surface area contributed by atoms with Crippen molar-refractivity contribution in [3.8, 4) is 5.75 Å². The average molecular weight is 1550 g/mol. The number of likely N-dealkylation sites (N-methyl/N-ethyl adjacent to an activating group) is 3. The molecule has 3 aliphatic heterocycles. The summed E-state index contributed by atoms with van der Waals surface area (Å²) in [5.74, 6) is -1.86. The van der Waals surface area contributed by atoms with Crippen LogP contribution in [0, 0.1) is 0 Å². The molecule has 9 N–H and O–H groups in total. The molecule has 0 bridgehead atoms. The summed E-state index contributed by atoms with van der Waals surface area (Å²) < 4.78 is 10.6. The zero-order valence-electron chi connectivity index (χ0n) is 67.1. The van der Waals surface area contributed by atoms with Crippen LogP contribution in [0.25, 0.3) is 0 Å². The molecular weight excluding hydrogens is 1450 g/mol. The lowest BCUT2D eigenvalue weighted by atomic mass is 9.93. The maximum atomic E-state index is 14.5. The number of methoxy groups -OCH3 is 1. The molecule has 3 aromatic heterocycles. The number of aromatic nitrogens is 6. The van der Waals surface area contributed by atoms with Crippen LogP contribution in [0.1, 0.15) is 136 Å². The second-order valence-electron chi connectivity index (χ2n) is 30.7. The van der Waals surface area contributed by atoms with Crippen LogP contribution in [0.15, 0.2) is 164 Å². The van der Waals surface area contributed by atoms with Gasteiger partial charge in [0, 0.05) is 96.8 Å². The number of allylic oxidation sites excluding steroid dienone is 1. The summed E-state index contributed by atoms with van der Waals surface area (Å²) >= 11 is 0. The Hall–Kier alpha value is -12.7. The Labute approximate surface area is 663 Å². The standard InChI is InChI=1S/C83H101N21O10/c1-17-66(105)85-56-36-32-55(33-37-56)76(109)91-73-61-47-102(80(113)89-64(50-98(12)13)53-28-22-19-23-29-53)82(5,6)70(61)104(95-73)43-25-31-68(107)86-57-38-34-54(35-39-57)75(108)90-72-62-48-103(78(111)84-51(2)45-96(8)9)83(7,71(62)99(14)94-72)42-24-30-67(106)87-58-40-41-59(65(44-58)114-16)77(110)92-74-60-46-101(81(3,4)69(60)93-100(74)15)79(112)88-63(49-97(10)11)52-26-20-18-21-27-52/h17-41,44,51,63-64H,1,42-43,45-50H2,2-16H3,(H,84,111)(H,85,105)(H,86,107)(H,87,106)(H,88,112)(H,89,113)(H,92,110)(H,90,94,108)(H,91,95,109)/b30-24+,31-25+/t51?,63-,64-,83?/m1/s1. The van der Waals surface area contributed by atoms with Gasteiger partial charge in [0.15, 0.2) is 11.6 Å². The molecule has 0 radical (unpaired) electrons. The molecule has 12 amide bonds. The normalized spacial score (nSPS) is 15.9. The van der Waals surface area contributed by atoms with Gasteiger partial charge in [-0.1, -0.05) is 79.4 Å². The van der Waals surface area contributed by atoms with Crippen molar-refractivity contribution >= 4 is 88.1 Å². The average Bonchev–Trinajstić information content (AvgIpc) is 1.59. The van der Waals surface area contributed by atoms with Crippen molar-refractivity contribution in [2.45, 2.75) is 109 Å². The zero-order chi connectivity index (χ0) is 82.3. The summed E-state index contributed by atoms with van der Waals surface area (Å²) in [5, 5.41) is 41.2. The van der Waals surface area contributed by atoms with E-state index in [1.807, 2.05) is 159 Å². The molecule has 31 nitrogen and oxygen atoms in total. The van der Waals surface area contributed by atoms with Gasteiger partial charge in [-0.25, -0.2) is 14.4 Å². The van der Waals surface area contributed by atoms with Crippen molar-refractivity contribution < 1.29 is 47.9 Å². The van der Waals surface area contributed by atoms with E-state index in [-0.39, 0.29) is 103 Å². The minimum atomic E-state index is -1.10. The maximum absolute atomic E-state index is 14.5. The molecular formula is C83H101N21O10. The number of aryl methyl sites for hydroxylation is 2. The first-order chi connectivity index (χ1) is 54.2. The number of hydrogen-bond acceptors (Lipinski definition) is 16. The number of anilines is 6. The molecule has 114 heavy (non-hydrogen) atoms. The van der Waals surface area contributed by atoms with Gasteiger partial charge in [-0.15, -0.1) is 0 Å². The molecule has 3 aliphatic rings. The van der Waals surface area contributed by atoms with Gasteiger partial charge < -0.3 is 82.0 Å². The van der Waals surface area contributed by atoms with Crippen LogP contribution < -0.4 is 52.6 Å². The number of amides is 12. The van der Waals surface area contributed by atoms with Crippen molar-refractivity contribution in [3.63, 3.8) is 0 Å². The van der Waals surface area contributed by atoms with Crippen LogP contribution in [0.4, 0.5) is 48.9 Å². The number of urea groups is 3. The zero-order valence-corrected chi connectivity index (χ0v) is 67.1. The van der Waals surface area contributed by atoms with E-state index in [9.17, 15) is 43.2 Å². The first-order valence-corrected chi connectivity index (χ1v) is 37.4. The first-order valence-electron chi connectivity index (χ1n) is 37.4. The Morgan fingerprint density at radius 2 is 0.982 bits per heavy atom. The third-order valence-corrected chi connectivity index (χ3v) is 20.5. The largest absolute Gasteiger partial charge is 0.496 e. The Bertz CT molecular complexity index is 5020. The molecule has 0 aliphatic carbocycles. The fourth-order valence-electron chi connectivity index (χ4n) is 15.0. The molecule has 11 rings (SSSR count). The maximum Gasteiger partial charge on any atom is 0.319 e. The summed E-state index contributed by atoms with van der Waals surface area (Å²) in [7, 11) is 16.5.